The summed E-state index contributed by atoms with van der Waals surface area (Å²) in [7, 11) is 2.07. The fourth-order valence-corrected chi connectivity index (χ4v) is 2.06. The molecule has 2 rings (SSSR count). The summed E-state index contributed by atoms with van der Waals surface area (Å²) in [6.45, 7) is 4.92. The molecule has 94 valence electrons. The van der Waals surface area contributed by atoms with E-state index < -0.39 is 0 Å². The van der Waals surface area contributed by atoms with Crippen molar-refractivity contribution in [2.45, 2.75) is 13.5 Å². The number of hydrogen-bond acceptors (Lipinski definition) is 3. The minimum absolute atomic E-state index is 0. The van der Waals surface area contributed by atoms with E-state index in [9.17, 15) is 0 Å². The van der Waals surface area contributed by atoms with Crippen molar-refractivity contribution in [3.05, 3.63) is 32.9 Å². The summed E-state index contributed by atoms with van der Waals surface area (Å²) in [6.07, 6.45) is 0. The van der Waals surface area contributed by atoms with Crippen molar-refractivity contribution in [2.75, 3.05) is 20.1 Å². The van der Waals surface area contributed by atoms with Crippen LogP contribution in [0.25, 0.3) is 0 Å². The van der Waals surface area contributed by atoms with Gasteiger partial charge in [0.2, 0.25) is 0 Å². The Balaban J connectivity index is 0.00000144. The van der Waals surface area contributed by atoms with E-state index in [2.05, 4.69) is 70.0 Å². The molecular formula is C12H17I2N3. The zero-order valence-electron chi connectivity index (χ0n) is 10.0. The van der Waals surface area contributed by atoms with E-state index >= 15 is 0 Å². The number of aliphatic imine (C=N–C) groups is 1. The lowest BCUT2D eigenvalue weighted by molar-refractivity contribution is 0.534. The molecule has 0 aliphatic carbocycles. The van der Waals surface area contributed by atoms with E-state index in [0.29, 0.717) is 0 Å². The van der Waals surface area contributed by atoms with Crippen molar-refractivity contribution >= 4 is 52.5 Å². The highest BCUT2D eigenvalue weighted by Gasteiger charge is 2.11. The molecule has 0 bridgehead atoms. The number of likely N-dealkylation sites (N-methyl/N-ethyl adjacent to an activating group) is 1. The highest BCUT2D eigenvalue weighted by molar-refractivity contribution is 14.1. The summed E-state index contributed by atoms with van der Waals surface area (Å²) in [5.41, 5.74) is 2.64. The summed E-state index contributed by atoms with van der Waals surface area (Å²) in [6, 6.07) is 6.55. The first kappa shape index (κ1) is 15.0. The first-order valence-corrected chi connectivity index (χ1v) is 6.49. The van der Waals surface area contributed by atoms with Gasteiger partial charge in [0.1, 0.15) is 0 Å². The van der Waals surface area contributed by atoms with Crippen molar-refractivity contribution in [1.29, 1.82) is 0 Å². The summed E-state index contributed by atoms with van der Waals surface area (Å²) in [5.74, 6) is 1.01. The molecule has 0 amide bonds. The Bertz CT molecular complexity index is 418. The molecule has 1 aliphatic heterocycles. The highest BCUT2D eigenvalue weighted by atomic mass is 127. The van der Waals surface area contributed by atoms with Gasteiger partial charge in [0.05, 0.1) is 6.54 Å². The molecule has 0 atom stereocenters. The zero-order valence-corrected chi connectivity index (χ0v) is 14.5. The number of guanidine groups is 1. The van der Waals surface area contributed by atoms with Gasteiger partial charge >= 0.3 is 0 Å². The first-order valence-electron chi connectivity index (χ1n) is 5.41. The van der Waals surface area contributed by atoms with Crippen LogP contribution in [-0.2, 0) is 6.54 Å². The number of rotatable bonds is 2. The quantitative estimate of drug-likeness (QED) is 0.693. The highest BCUT2D eigenvalue weighted by Crippen LogP contribution is 2.13. The Morgan fingerprint density at radius 1 is 1.47 bits per heavy atom. The molecule has 1 aliphatic rings. The Kier molecular flexibility index (Phi) is 5.98. The van der Waals surface area contributed by atoms with Gasteiger partial charge in [-0.1, -0.05) is 12.1 Å². The molecular weight excluding hydrogens is 440 g/mol. The third-order valence-corrected chi connectivity index (χ3v) is 3.94. The monoisotopic (exact) mass is 457 g/mol. The Morgan fingerprint density at radius 2 is 2.24 bits per heavy atom. The summed E-state index contributed by atoms with van der Waals surface area (Å²) in [5, 5.41) is 3.37. The van der Waals surface area contributed by atoms with Crippen molar-refractivity contribution in [3.8, 4) is 0 Å². The minimum Gasteiger partial charge on any atom is -0.352 e. The van der Waals surface area contributed by atoms with Gasteiger partial charge in [-0.25, -0.2) is 0 Å². The number of aryl methyl sites for hydroxylation is 1. The topological polar surface area (TPSA) is 27.6 Å². The maximum Gasteiger partial charge on any atom is 0.194 e. The average Bonchev–Trinajstić information content (AvgIpc) is 2.66. The van der Waals surface area contributed by atoms with Crippen molar-refractivity contribution < 1.29 is 0 Å². The smallest absolute Gasteiger partial charge is 0.194 e. The lowest BCUT2D eigenvalue weighted by Gasteiger charge is -2.15. The Labute approximate surface area is 133 Å². The van der Waals surface area contributed by atoms with E-state index in [1.807, 2.05) is 0 Å². The van der Waals surface area contributed by atoms with E-state index in [1.54, 1.807) is 0 Å². The van der Waals surface area contributed by atoms with Crippen LogP contribution in [0.4, 0.5) is 0 Å². The molecule has 0 radical (unpaired) electrons. The van der Waals surface area contributed by atoms with Gasteiger partial charge in [-0.05, 0) is 46.7 Å². The second-order valence-electron chi connectivity index (χ2n) is 4.06. The molecule has 0 unspecified atom stereocenters. The molecule has 5 heteroatoms. The van der Waals surface area contributed by atoms with Crippen LogP contribution in [0.5, 0.6) is 0 Å². The normalized spacial score (nSPS) is 14.3. The maximum absolute atomic E-state index is 4.40. The van der Waals surface area contributed by atoms with Crippen LogP contribution in [0.1, 0.15) is 11.1 Å². The molecule has 0 saturated carbocycles. The molecule has 1 aromatic carbocycles. The number of hydrogen-bond donors (Lipinski definition) is 1. The molecule has 0 spiro atoms. The second-order valence-corrected chi connectivity index (χ2v) is 5.23. The van der Waals surface area contributed by atoms with Gasteiger partial charge in [0.15, 0.2) is 5.96 Å². The van der Waals surface area contributed by atoms with Gasteiger partial charge in [-0.15, -0.1) is 24.0 Å². The molecule has 0 fully saturated rings. The molecule has 1 aromatic rings. The van der Waals surface area contributed by atoms with Crippen LogP contribution in [0, 0.1) is 10.5 Å². The van der Waals surface area contributed by atoms with Crippen molar-refractivity contribution in [3.63, 3.8) is 0 Å². The van der Waals surface area contributed by atoms with Crippen LogP contribution < -0.4 is 5.32 Å². The average molecular weight is 457 g/mol. The Morgan fingerprint density at radius 3 is 2.82 bits per heavy atom. The first-order chi connectivity index (χ1) is 7.66. The number of nitrogens with one attached hydrogen (secondary N) is 1. The van der Waals surface area contributed by atoms with Gasteiger partial charge in [0, 0.05) is 23.7 Å². The van der Waals surface area contributed by atoms with Crippen LogP contribution in [-0.4, -0.2) is 31.0 Å². The molecule has 0 saturated heterocycles. The summed E-state index contributed by atoms with van der Waals surface area (Å²) in [4.78, 5) is 6.55. The van der Waals surface area contributed by atoms with E-state index in [0.717, 1.165) is 25.6 Å². The standard InChI is InChI=1S/C12H16IN3.HI/c1-9-7-10(3-4-11(9)13)8-15-12-14-5-6-16(12)2;/h3-4,7H,5-6,8H2,1-2H3,(H,14,15);1H. The van der Waals surface area contributed by atoms with Crippen LogP contribution in [0.2, 0.25) is 0 Å². The number of benzene rings is 1. The summed E-state index contributed by atoms with van der Waals surface area (Å²) >= 11 is 2.36. The molecule has 1 heterocycles. The third-order valence-electron chi connectivity index (χ3n) is 2.73. The lowest BCUT2D eigenvalue weighted by atomic mass is 10.1. The fraction of sp³-hybridized carbons (Fsp3) is 0.417. The van der Waals surface area contributed by atoms with Gasteiger partial charge in [0.25, 0.3) is 0 Å². The van der Waals surface area contributed by atoms with Crippen LogP contribution in [0.15, 0.2) is 23.2 Å². The maximum atomic E-state index is 4.40. The number of halogens is 2. The molecule has 0 aromatic heterocycles. The van der Waals surface area contributed by atoms with Crippen molar-refractivity contribution in [2.24, 2.45) is 4.99 Å². The van der Waals surface area contributed by atoms with Gasteiger partial charge < -0.3 is 10.2 Å². The predicted octanol–water partition coefficient (Wildman–Crippen LogP) is 2.61. The fourth-order valence-electron chi connectivity index (χ4n) is 1.72. The van der Waals surface area contributed by atoms with E-state index in [-0.39, 0.29) is 24.0 Å². The second kappa shape index (κ2) is 6.77. The van der Waals surface area contributed by atoms with Crippen molar-refractivity contribution in [1.82, 2.24) is 10.2 Å². The van der Waals surface area contributed by atoms with Crippen LogP contribution >= 0.6 is 46.6 Å². The van der Waals surface area contributed by atoms with E-state index in [1.165, 1.54) is 14.7 Å². The van der Waals surface area contributed by atoms with Gasteiger partial charge in [-0.2, -0.15) is 0 Å². The predicted molar refractivity (Wildman–Crippen MR) is 91.1 cm³/mol. The third kappa shape index (κ3) is 3.97. The lowest BCUT2D eigenvalue weighted by Crippen LogP contribution is -2.35. The van der Waals surface area contributed by atoms with Gasteiger partial charge in [-0.3, -0.25) is 4.99 Å². The molecule has 17 heavy (non-hydrogen) atoms. The molecule has 3 nitrogen and oxygen atoms in total. The minimum atomic E-state index is 0. The Hall–Kier alpha value is -0.0500. The SMILES string of the molecule is Cc1cc(CNC2=NCCN2C)ccc1I.I. The zero-order chi connectivity index (χ0) is 11.5. The number of nitrogens with zero attached hydrogens (tertiary/aromatic N) is 2. The van der Waals surface area contributed by atoms with Crippen LogP contribution in [0.3, 0.4) is 0 Å². The van der Waals surface area contributed by atoms with E-state index in [4.69, 9.17) is 0 Å². The largest absolute Gasteiger partial charge is 0.352 e. The molecule has 1 N–H and O–H groups in total. The summed E-state index contributed by atoms with van der Waals surface area (Å²) < 4.78 is 1.32.